The van der Waals surface area contributed by atoms with E-state index in [1.165, 1.54) is 30.5 Å². The van der Waals surface area contributed by atoms with Gasteiger partial charge in [-0.2, -0.15) is 13.5 Å². The van der Waals surface area contributed by atoms with Crippen LogP contribution in [0.3, 0.4) is 0 Å². The van der Waals surface area contributed by atoms with Crippen LogP contribution >= 0.6 is 0 Å². The van der Waals surface area contributed by atoms with Gasteiger partial charge < -0.3 is 13.7 Å². The Bertz CT molecular complexity index is 1260. The van der Waals surface area contributed by atoms with E-state index in [0.717, 1.165) is 0 Å². The number of carbonyl (C=O) groups excluding carboxylic acids is 1. The molecule has 34 heavy (non-hydrogen) atoms. The fourth-order valence-electron chi connectivity index (χ4n) is 2.79. The highest BCUT2D eigenvalue weighted by Crippen LogP contribution is 2.28. The molecule has 0 aromatic heterocycles. The van der Waals surface area contributed by atoms with Gasteiger partial charge in [-0.25, -0.2) is 5.43 Å². The Labute approximate surface area is 198 Å². The number of nitrogens with one attached hydrogen (secondary N) is 1. The van der Waals surface area contributed by atoms with Crippen molar-refractivity contribution in [1.29, 1.82) is 0 Å². The third-order valence-electron chi connectivity index (χ3n) is 4.36. The van der Waals surface area contributed by atoms with Gasteiger partial charge in [-0.1, -0.05) is 30.9 Å². The predicted molar refractivity (Wildman–Crippen MR) is 129 cm³/mol. The van der Waals surface area contributed by atoms with Crippen LogP contribution in [0.5, 0.6) is 17.2 Å². The molecule has 9 heteroatoms. The molecular formula is C25H24N2O6S. The number of rotatable bonds is 11. The molecule has 0 saturated heterocycles. The van der Waals surface area contributed by atoms with Crippen LogP contribution < -0.4 is 19.1 Å². The number of ether oxygens (including phenoxy) is 2. The summed E-state index contributed by atoms with van der Waals surface area (Å²) in [5.41, 5.74) is 3.43. The smallest absolute Gasteiger partial charge is 0.339 e. The zero-order valence-electron chi connectivity index (χ0n) is 18.5. The van der Waals surface area contributed by atoms with E-state index in [-0.39, 0.29) is 10.6 Å². The Morgan fingerprint density at radius 1 is 1.00 bits per heavy atom. The number of hydrogen-bond donors (Lipinski definition) is 1. The lowest BCUT2D eigenvalue weighted by Gasteiger charge is -2.12. The lowest BCUT2D eigenvalue weighted by molar-refractivity contribution is 0.0954. The molecule has 0 saturated carbocycles. The summed E-state index contributed by atoms with van der Waals surface area (Å²) < 4.78 is 40.8. The maximum absolute atomic E-state index is 12.4. The minimum absolute atomic E-state index is 0.0659. The van der Waals surface area contributed by atoms with Crippen LogP contribution in [0.4, 0.5) is 0 Å². The largest absolute Gasteiger partial charge is 0.490 e. The molecule has 0 radical (unpaired) electrons. The quantitative estimate of drug-likeness (QED) is 0.191. The van der Waals surface area contributed by atoms with E-state index in [9.17, 15) is 13.2 Å². The molecule has 8 nitrogen and oxygen atoms in total. The van der Waals surface area contributed by atoms with Crippen LogP contribution in [0.2, 0.25) is 0 Å². The van der Waals surface area contributed by atoms with Crippen molar-refractivity contribution in [2.75, 3.05) is 13.2 Å². The molecule has 0 aliphatic rings. The summed E-state index contributed by atoms with van der Waals surface area (Å²) in [6, 6.07) is 18.9. The van der Waals surface area contributed by atoms with E-state index in [4.69, 9.17) is 13.7 Å². The van der Waals surface area contributed by atoms with Crippen LogP contribution in [0.1, 0.15) is 22.8 Å². The van der Waals surface area contributed by atoms with Crippen molar-refractivity contribution in [3.8, 4) is 17.2 Å². The van der Waals surface area contributed by atoms with Crippen molar-refractivity contribution in [3.05, 3.63) is 96.6 Å². The average Bonchev–Trinajstić information content (AvgIpc) is 2.85. The highest BCUT2D eigenvalue weighted by Gasteiger charge is 2.15. The highest BCUT2D eigenvalue weighted by atomic mass is 32.2. The zero-order chi connectivity index (χ0) is 24.4. The summed E-state index contributed by atoms with van der Waals surface area (Å²) in [6.45, 7) is 6.18. The van der Waals surface area contributed by atoms with E-state index in [1.807, 2.05) is 6.92 Å². The van der Waals surface area contributed by atoms with Crippen molar-refractivity contribution >= 4 is 22.2 Å². The van der Waals surface area contributed by atoms with Gasteiger partial charge in [-0.15, -0.1) is 0 Å². The molecule has 0 atom stereocenters. The molecule has 0 aliphatic heterocycles. The van der Waals surface area contributed by atoms with Gasteiger partial charge in [0.15, 0.2) is 11.5 Å². The van der Waals surface area contributed by atoms with Crippen molar-refractivity contribution in [3.63, 3.8) is 0 Å². The number of nitrogens with zero attached hydrogens (tertiary/aromatic N) is 1. The minimum atomic E-state index is -3.92. The maximum atomic E-state index is 12.4. The maximum Gasteiger partial charge on any atom is 0.339 e. The number of hydrogen-bond acceptors (Lipinski definition) is 7. The molecule has 3 rings (SSSR count). The number of carbonyl (C=O) groups is 1. The van der Waals surface area contributed by atoms with E-state index in [0.29, 0.717) is 35.8 Å². The van der Waals surface area contributed by atoms with Crippen LogP contribution in [0, 0.1) is 0 Å². The van der Waals surface area contributed by atoms with Crippen LogP contribution in [-0.2, 0) is 10.1 Å². The van der Waals surface area contributed by atoms with Crippen molar-refractivity contribution < 1.29 is 26.9 Å². The topological polar surface area (TPSA) is 103 Å². The Balaban J connectivity index is 1.61. The second-order valence-corrected chi connectivity index (χ2v) is 8.36. The molecule has 0 heterocycles. The molecule has 0 fully saturated rings. The molecule has 0 bridgehead atoms. The predicted octanol–water partition coefficient (Wildman–Crippen LogP) is 4.18. The van der Waals surface area contributed by atoms with E-state index in [1.54, 1.807) is 54.6 Å². The molecule has 176 valence electrons. The van der Waals surface area contributed by atoms with Crippen LogP contribution in [0.25, 0.3) is 0 Å². The van der Waals surface area contributed by atoms with Crippen molar-refractivity contribution in [2.24, 2.45) is 5.10 Å². The molecular weight excluding hydrogens is 456 g/mol. The van der Waals surface area contributed by atoms with E-state index < -0.39 is 16.0 Å². The third-order valence-corrected chi connectivity index (χ3v) is 5.62. The lowest BCUT2D eigenvalue weighted by atomic mass is 10.2. The van der Waals surface area contributed by atoms with Gasteiger partial charge in [0, 0.05) is 5.56 Å². The van der Waals surface area contributed by atoms with Crippen LogP contribution in [-0.4, -0.2) is 33.8 Å². The Morgan fingerprint density at radius 2 is 1.74 bits per heavy atom. The number of amides is 1. The summed E-state index contributed by atoms with van der Waals surface area (Å²) in [5.74, 6) is 0.689. The fraction of sp³-hybridized carbons (Fsp3) is 0.120. The van der Waals surface area contributed by atoms with Gasteiger partial charge in [0.05, 0.1) is 12.8 Å². The summed E-state index contributed by atoms with van der Waals surface area (Å²) >= 11 is 0. The molecule has 0 unspecified atom stereocenters. The van der Waals surface area contributed by atoms with Crippen molar-refractivity contribution in [2.45, 2.75) is 11.8 Å². The first-order valence-corrected chi connectivity index (χ1v) is 11.8. The first kappa shape index (κ1) is 24.5. The Hall–Kier alpha value is -4.11. The first-order chi connectivity index (χ1) is 16.4. The zero-order valence-corrected chi connectivity index (χ0v) is 19.3. The second-order valence-electron chi connectivity index (χ2n) is 6.81. The molecule has 1 N–H and O–H groups in total. The average molecular weight is 481 g/mol. The normalized spacial score (nSPS) is 11.1. The molecule has 0 aliphatic carbocycles. The second kappa shape index (κ2) is 11.7. The third kappa shape index (κ3) is 6.69. The molecule has 1 amide bonds. The van der Waals surface area contributed by atoms with Gasteiger partial charge in [-0.3, -0.25) is 4.79 Å². The van der Waals surface area contributed by atoms with Gasteiger partial charge in [0.1, 0.15) is 17.3 Å². The molecule has 3 aromatic carbocycles. The Kier molecular flexibility index (Phi) is 8.42. The SMILES string of the molecule is C=CCOc1ccc(C(=O)N/N=C/c2ccc(OS(=O)(=O)c3ccccc3)cc2)cc1OCC. The molecule has 0 spiro atoms. The molecule has 3 aromatic rings. The highest BCUT2D eigenvalue weighted by molar-refractivity contribution is 7.87. The number of hydrazone groups is 1. The minimum Gasteiger partial charge on any atom is -0.490 e. The Morgan fingerprint density at radius 3 is 2.41 bits per heavy atom. The summed E-state index contributed by atoms with van der Waals surface area (Å²) in [7, 11) is -3.92. The fourth-order valence-corrected chi connectivity index (χ4v) is 3.74. The van der Waals surface area contributed by atoms with E-state index >= 15 is 0 Å². The van der Waals surface area contributed by atoms with Crippen LogP contribution in [0.15, 0.2) is 95.4 Å². The summed E-state index contributed by atoms with van der Waals surface area (Å²) in [6.07, 6.45) is 3.05. The monoisotopic (exact) mass is 480 g/mol. The van der Waals surface area contributed by atoms with Gasteiger partial charge in [0.25, 0.3) is 5.91 Å². The summed E-state index contributed by atoms with van der Waals surface area (Å²) in [4.78, 5) is 12.5. The first-order valence-electron chi connectivity index (χ1n) is 10.4. The lowest BCUT2D eigenvalue weighted by Crippen LogP contribution is -2.17. The van der Waals surface area contributed by atoms with Gasteiger partial charge in [0.2, 0.25) is 0 Å². The van der Waals surface area contributed by atoms with Gasteiger partial charge in [-0.05, 0) is 67.1 Å². The standard InChI is InChI=1S/C25H24N2O6S/c1-3-16-32-23-15-12-20(17-24(23)31-4-2)25(28)27-26-18-19-10-13-21(14-11-19)33-34(29,30)22-8-6-5-7-9-22/h3,5-15,17-18H,1,4,16H2,2H3,(H,27,28)/b26-18+. The number of benzene rings is 3. The van der Waals surface area contributed by atoms with Crippen molar-refractivity contribution in [1.82, 2.24) is 5.43 Å². The van der Waals surface area contributed by atoms with E-state index in [2.05, 4.69) is 17.1 Å². The summed E-state index contributed by atoms with van der Waals surface area (Å²) in [5, 5.41) is 3.95. The van der Waals surface area contributed by atoms with Gasteiger partial charge >= 0.3 is 10.1 Å².